The van der Waals surface area contributed by atoms with Crippen molar-refractivity contribution in [3.05, 3.63) is 35.6 Å². The van der Waals surface area contributed by atoms with Gasteiger partial charge in [0.05, 0.1) is 5.75 Å². The number of hydrogen-bond acceptors (Lipinski definition) is 3. The lowest BCUT2D eigenvalue weighted by Gasteiger charge is -2.14. The lowest BCUT2D eigenvalue weighted by molar-refractivity contribution is -0.137. The van der Waals surface area contributed by atoms with Gasteiger partial charge >= 0.3 is 5.97 Å². The van der Waals surface area contributed by atoms with Crippen molar-refractivity contribution in [1.82, 2.24) is 4.31 Å². The van der Waals surface area contributed by atoms with Crippen LogP contribution >= 0.6 is 0 Å². The second-order valence-electron chi connectivity index (χ2n) is 3.53. The van der Waals surface area contributed by atoms with Crippen LogP contribution in [-0.2, 0) is 20.6 Å². The van der Waals surface area contributed by atoms with Crippen molar-refractivity contribution in [2.24, 2.45) is 0 Å². The van der Waals surface area contributed by atoms with Crippen LogP contribution in [0.5, 0.6) is 0 Å². The van der Waals surface area contributed by atoms with Gasteiger partial charge in [0.2, 0.25) is 10.0 Å². The fourth-order valence-electron chi connectivity index (χ4n) is 1.19. The lowest BCUT2D eigenvalue weighted by atomic mass is 10.2. The molecule has 0 aromatic heterocycles. The third-order valence-electron chi connectivity index (χ3n) is 2.10. The number of sulfonamides is 1. The molecule has 1 N–H and O–H groups in total. The van der Waals surface area contributed by atoms with Gasteiger partial charge in [-0.15, -0.1) is 0 Å². The highest BCUT2D eigenvalue weighted by molar-refractivity contribution is 7.88. The van der Waals surface area contributed by atoms with Gasteiger partial charge in [-0.1, -0.05) is 12.1 Å². The number of likely N-dealkylation sites (N-methyl/N-ethyl adjacent to an activating group) is 1. The predicted octanol–water partition coefficient (Wildman–Crippen LogP) is 0.672. The normalized spacial score (nSPS) is 11.7. The Morgan fingerprint density at radius 2 is 1.88 bits per heavy atom. The topological polar surface area (TPSA) is 74.7 Å². The number of rotatable bonds is 5. The molecule has 7 heteroatoms. The van der Waals surface area contributed by atoms with Gasteiger partial charge in [0.25, 0.3) is 0 Å². The van der Waals surface area contributed by atoms with Crippen molar-refractivity contribution in [2.45, 2.75) is 5.75 Å². The maximum Gasteiger partial charge on any atom is 0.318 e. The molecule has 0 atom stereocenters. The Labute approximate surface area is 98.5 Å². The zero-order valence-corrected chi connectivity index (χ0v) is 9.95. The molecule has 0 saturated heterocycles. The second-order valence-corrected chi connectivity index (χ2v) is 5.61. The van der Waals surface area contributed by atoms with Crippen LogP contribution in [0.2, 0.25) is 0 Å². The standard InChI is InChI=1S/C10H12FNO4S/c1-12(6-10(13)14)17(15,16)7-8-2-4-9(11)5-3-8/h2-5H,6-7H2,1H3,(H,13,14). The Kier molecular flexibility index (Phi) is 4.19. The minimum absolute atomic E-state index is 0.350. The third-order valence-corrected chi connectivity index (χ3v) is 3.87. The van der Waals surface area contributed by atoms with Crippen molar-refractivity contribution in [3.8, 4) is 0 Å². The Balaban J connectivity index is 2.79. The molecule has 1 aromatic rings. The Bertz CT molecular complexity index is 498. The zero-order valence-electron chi connectivity index (χ0n) is 9.13. The second kappa shape index (κ2) is 5.24. The molecule has 5 nitrogen and oxygen atoms in total. The first-order valence-corrected chi connectivity index (χ1v) is 6.32. The number of carbonyl (C=O) groups is 1. The van der Waals surface area contributed by atoms with Gasteiger partial charge in [-0.05, 0) is 17.7 Å². The molecule has 17 heavy (non-hydrogen) atoms. The molecule has 0 unspecified atom stereocenters. The summed E-state index contributed by atoms with van der Waals surface area (Å²) < 4.78 is 36.7. The molecule has 0 amide bonds. The maximum atomic E-state index is 12.6. The highest BCUT2D eigenvalue weighted by atomic mass is 32.2. The summed E-state index contributed by atoms with van der Waals surface area (Å²) in [6, 6.07) is 5.01. The van der Waals surface area contributed by atoms with Crippen LogP contribution in [0.1, 0.15) is 5.56 Å². The van der Waals surface area contributed by atoms with Crippen LogP contribution in [0.15, 0.2) is 24.3 Å². The predicted molar refractivity (Wildman–Crippen MR) is 59.3 cm³/mol. The summed E-state index contributed by atoms with van der Waals surface area (Å²) in [5, 5.41) is 8.49. The van der Waals surface area contributed by atoms with Crippen LogP contribution < -0.4 is 0 Å². The molecule has 0 fully saturated rings. The molecule has 0 saturated carbocycles. The van der Waals surface area contributed by atoms with Gasteiger partial charge in [0, 0.05) is 7.05 Å². The molecule has 0 spiro atoms. The van der Waals surface area contributed by atoms with Gasteiger partial charge in [0.15, 0.2) is 0 Å². The molecule has 0 aliphatic carbocycles. The largest absolute Gasteiger partial charge is 0.480 e. The van der Waals surface area contributed by atoms with E-state index in [4.69, 9.17) is 5.11 Å². The number of benzene rings is 1. The lowest BCUT2D eigenvalue weighted by Crippen LogP contribution is -2.32. The Morgan fingerprint density at radius 3 is 2.35 bits per heavy atom. The van der Waals surface area contributed by atoms with E-state index in [-0.39, 0.29) is 5.75 Å². The van der Waals surface area contributed by atoms with Crippen LogP contribution in [0.4, 0.5) is 4.39 Å². The van der Waals surface area contributed by atoms with Crippen LogP contribution in [0.25, 0.3) is 0 Å². The number of hydrogen-bond donors (Lipinski definition) is 1. The summed E-state index contributed by atoms with van der Waals surface area (Å²) in [7, 11) is -2.50. The summed E-state index contributed by atoms with van der Waals surface area (Å²) in [6.07, 6.45) is 0. The van der Waals surface area contributed by atoms with E-state index in [0.717, 1.165) is 16.4 Å². The highest BCUT2D eigenvalue weighted by Gasteiger charge is 2.20. The van der Waals surface area contributed by atoms with Gasteiger partial charge < -0.3 is 5.11 Å². The van der Waals surface area contributed by atoms with Crippen LogP contribution in [-0.4, -0.2) is 37.4 Å². The SMILES string of the molecule is CN(CC(=O)O)S(=O)(=O)Cc1ccc(F)cc1. The van der Waals surface area contributed by atoms with Crippen molar-refractivity contribution in [1.29, 1.82) is 0 Å². The van der Waals surface area contributed by atoms with Crippen molar-refractivity contribution < 1.29 is 22.7 Å². The van der Waals surface area contributed by atoms with E-state index in [0.29, 0.717) is 5.56 Å². The van der Waals surface area contributed by atoms with Crippen LogP contribution in [0.3, 0.4) is 0 Å². The number of aliphatic carboxylic acids is 1. The van der Waals surface area contributed by atoms with E-state index in [1.807, 2.05) is 0 Å². The number of nitrogens with zero attached hydrogens (tertiary/aromatic N) is 1. The first-order chi connectivity index (χ1) is 7.81. The zero-order chi connectivity index (χ0) is 13.1. The van der Waals surface area contributed by atoms with E-state index in [1.54, 1.807) is 0 Å². The summed E-state index contributed by atoms with van der Waals surface area (Å²) >= 11 is 0. The molecule has 1 aromatic carbocycles. The summed E-state index contributed by atoms with van der Waals surface area (Å²) in [5.74, 6) is -2.03. The average Bonchev–Trinajstić information content (AvgIpc) is 2.20. The van der Waals surface area contributed by atoms with E-state index in [2.05, 4.69) is 0 Å². The van der Waals surface area contributed by atoms with Crippen molar-refractivity contribution in [2.75, 3.05) is 13.6 Å². The van der Waals surface area contributed by atoms with Crippen LogP contribution in [0, 0.1) is 5.82 Å². The monoisotopic (exact) mass is 261 g/mol. The summed E-state index contributed by atoms with van der Waals surface area (Å²) in [4.78, 5) is 10.4. The quantitative estimate of drug-likeness (QED) is 0.845. The van der Waals surface area contributed by atoms with Gasteiger partial charge in [0.1, 0.15) is 12.4 Å². The van der Waals surface area contributed by atoms with E-state index < -0.39 is 28.4 Å². The molecule has 0 bridgehead atoms. The van der Waals surface area contributed by atoms with Gasteiger partial charge in [-0.3, -0.25) is 4.79 Å². The van der Waals surface area contributed by atoms with E-state index >= 15 is 0 Å². The van der Waals surface area contributed by atoms with Gasteiger partial charge in [-0.25, -0.2) is 12.8 Å². The minimum Gasteiger partial charge on any atom is -0.480 e. The molecule has 0 aliphatic heterocycles. The number of carboxylic acid groups (broad SMARTS) is 1. The van der Waals surface area contributed by atoms with E-state index in [1.165, 1.54) is 19.2 Å². The van der Waals surface area contributed by atoms with E-state index in [9.17, 15) is 17.6 Å². The fraction of sp³-hybridized carbons (Fsp3) is 0.300. The Hall–Kier alpha value is -1.47. The first kappa shape index (κ1) is 13.6. The molecular formula is C10H12FNO4S. The molecule has 0 radical (unpaired) electrons. The Morgan fingerprint density at radius 1 is 1.35 bits per heavy atom. The van der Waals surface area contributed by atoms with Crippen molar-refractivity contribution >= 4 is 16.0 Å². The molecule has 0 heterocycles. The molecular weight excluding hydrogens is 249 g/mol. The summed E-state index contributed by atoms with van der Waals surface area (Å²) in [6.45, 7) is -0.594. The molecule has 1 rings (SSSR count). The molecule has 94 valence electrons. The fourth-order valence-corrected chi connectivity index (χ4v) is 2.33. The van der Waals surface area contributed by atoms with Gasteiger partial charge in [-0.2, -0.15) is 4.31 Å². The number of halogens is 1. The summed E-state index contributed by atoms with van der Waals surface area (Å²) in [5.41, 5.74) is 0.406. The average molecular weight is 261 g/mol. The number of carboxylic acids is 1. The maximum absolute atomic E-state index is 12.6. The molecule has 0 aliphatic rings. The smallest absolute Gasteiger partial charge is 0.318 e. The minimum atomic E-state index is -3.69. The first-order valence-electron chi connectivity index (χ1n) is 4.71. The highest BCUT2D eigenvalue weighted by Crippen LogP contribution is 2.10. The third kappa shape index (κ3) is 4.12. The van der Waals surface area contributed by atoms with Crippen molar-refractivity contribution in [3.63, 3.8) is 0 Å².